The van der Waals surface area contributed by atoms with E-state index in [1.807, 2.05) is 25.1 Å². The zero-order valence-electron chi connectivity index (χ0n) is 8.08. The van der Waals surface area contributed by atoms with E-state index in [1.165, 1.54) is 0 Å². The fraction of sp³-hybridized carbons (Fsp3) is 0.444. The first kappa shape index (κ1) is 9.80. The molecule has 0 aliphatic carbocycles. The molecule has 0 aliphatic rings. The lowest BCUT2D eigenvalue weighted by Crippen LogP contribution is -2.17. The zero-order chi connectivity index (χ0) is 9.68. The Bertz CT molecular complexity index is 270. The Morgan fingerprint density at radius 1 is 1.77 bits per heavy atom. The molecule has 0 spiro atoms. The average molecular weight is 181 g/mol. The van der Waals surface area contributed by atoms with E-state index in [0.29, 0.717) is 6.01 Å². The minimum absolute atomic E-state index is 0.630. The van der Waals surface area contributed by atoms with Gasteiger partial charge >= 0.3 is 0 Å². The first-order valence-corrected chi connectivity index (χ1v) is 4.19. The Labute approximate surface area is 78.3 Å². The SMILES string of the molecule is C=CCN(C)c1nc(CNC)co1. The van der Waals surface area contributed by atoms with Crippen molar-refractivity contribution in [3.05, 3.63) is 24.6 Å². The number of likely N-dealkylation sites (N-methyl/N-ethyl adjacent to an activating group) is 1. The van der Waals surface area contributed by atoms with Crippen molar-refractivity contribution in [2.45, 2.75) is 6.54 Å². The summed E-state index contributed by atoms with van der Waals surface area (Å²) in [5.74, 6) is 0. The highest BCUT2D eigenvalue weighted by Gasteiger charge is 2.06. The van der Waals surface area contributed by atoms with E-state index >= 15 is 0 Å². The van der Waals surface area contributed by atoms with E-state index in [1.54, 1.807) is 6.26 Å². The lowest BCUT2D eigenvalue weighted by molar-refractivity contribution is 0.549. The van der Waals surface area contributed by atoms with Crippen LogP contribution in [0.2, 0.25) is 0 Å². The van der Waals surface area contributed by atoms with Gasteiger partial charge < -0.3 is 14.6 Å². The van der Waals surface area contributed by atoms with E-state index in [0.717, 1.165) is 18.8 Å². The van der Waals surface area contributed by atoms with Crippen molar-refractivity contribution in [3.63, 3.8) is 0 Å². The van der Waals surface area contributed by atoms with Crippen molar-refractivity contribution in [1.82, 2.24) is 10.3 Å². The highest BCUT2D eigenvalue weighted by Crippen LogP contribution is 2.11. The summed E-state index contributed by atoms with van der Waals surface area (Å²) in [5.41, 5.74) is 0.911. The molecule has 0 saturated heterocycles. The molecule has 1 aromatic heterocycles. The Morgan fingerprint density at radius 2 is 2.54 bits per heavy atom. The van der Waals surface area contributed by atoms with Gasteiger partial charge in [-0.2, -0.15) is 4.98 Å². The number of oxazole rings is 1. The molecular weight excluding hydrogens is 166 g/mol. The van der Waals surface area contributed by atoms with Crippen LogP contribution >= 0.6 is 0 Å². The lowest BCUT2D eigenvalue weighted by Gasteiger charge is -2.10. The number of rotatable bonds is 5. The monoisotopic (exact) mass is 181 g/mol. The third kappa shape index (κ3) is 2.59. The molecule has 1 aromatic rings. The van der Waals surface area contributed by atoms with Gasteiger partial charge in [-0.15, -0.1) is 6.58 Å². The van der Waals surface area contributed by atoms with Crippen molar-refractivity contribution in [3.8, 4) is 0 Å². The maximum atomic E-state index is 5.26. The Balaban J connectivity index is 2.61. The number of hydrogen-bond donors (Lipinski definition) is 1. The molecule has 0 fully saturated rings. The smallest absolute Gasteiger partial charge is 0.297 e. The van der Waals surface area contributed by atoms with Gasteiger partial charge in [-0.05, 0) is 7.05 Å². The van der Waals surface area contributed by atoms with Gasteiger partial charge in [0.05, 0.1) is 5.69 Å². The molecule has 1 rings (SSSR count). The van der Waals surface area contributed by atoms with Gasteiger partial charge in [-0.25, -0.2) is 0 Å². The van der Waals surface area contributed by atoms with Crippen LogP contribution in [-0.2, 0) is 6.54 Å². The summed E-state index contributed by atoms with van der Waals surface area (Å²) in [6.07, 6.45) is 3.47. The second-order valence-electron chi connectivity index (χ2n) is 2.82. The van der Waals surface area contributed by atoms with Gasteiger partial charge in [-0.3, -0.25) is 0 Å². The van der Waals surface area contributed by atoms with Crippen molar-refractivity contribution in [2.24, 2.45) is 0 Å². The van der Waals surface area contributed by atoms with Gasteiger partial charge in [0.1, 0.15) is 6.26 Å². The molecule has 1 N–H and O–H groups in total. The van der Waals surface area contributed by atoms with Crippen LogP contribution in [0, 0.1) is 0 Å². The molecule has 0 aromatic carbocycles. The summed E-state index contributed by atoms with van der Waals surface area (Å²) in [6.45, 7) is 5.11. The summed E-state index contributed by atoms with van der Waals surface area (Å²) in [7, 11) is 3.79. The van der Waals surface area contributed by atoms with Gasteiger partial charge in [-0.1, -0.05) is 6.08 Å². The fourth-order valence-electron chi connectivity index (χ4n) is 1.01. The largest absolute Gasteiger partial charge is 0.432 e. The van der Waals surface area contributed by atoms with E-state index < -0.39 is 0 Å². The molecule has 0 unspecified atom stereocenters. The molecule has 72 valence electrons. The molecule has 0 amide bonds. The Hall–Kier alpha value is -1.29. The third-order valence-electron chi connectivity index (χ3n) is 1.63. The van der Waals surface area contributed by atoms with Crippen LogP contribution in [0.1, 0.15) is 5.69 Å². The van der Waals surface area contributed by atoms with E-state index in [4.69, 9.17) is 4.42 Å². The number of aromatic nitrogens is 1. The normalized spacial score (nSPS) is 10.0. The van der Waals surface area contributed by atoms with Crippen LogP contribution in [0.3, 0.4) is 0 Å². The molecule has 4 nitrogen and oxygen atoms in total. The summed E-state index contributed by atoms with van der Waals surface area (Å²) >= 11 is 0. The van der Waals surface area contributed by atoms with Crippen LogP contribution in [0.15, 0.2) is 23.3 Å². The predicted octanol–water partition coefficient (Wildman–Crippen LogP) is 1.02. The van der Waals surface area contributed by atoms with Crippen LogP contribution < -0.4 is 10.2 Å². The highest BCUT2D eigenvalue weighted by atomic mass is 16.4. The van der Waals surface area contributed by atoms with Crippen LogP contribution in [0.5, 0.6) is 0 Å². The molecule has 0 bridgehead atoms. The third-order valence-corrected chi connectivity index (χ3v) is 1.63. The molecule has 0 saturated carbocycles. The topological polar surface area (TPSA) is 41.3 Å². The van der Waals surface area contributed by atoms with E-state index in [9.17, 15) is 0 Å². The second kappa shape index (κ2) is 4.67. The summed E-state index contributed by atoms with van der Waals surface area (Å²) < 4.78 is 5.26. The molecule has 1 heterocycles. The molecule has 0 radical (unpaired) electrons. The van der Waals surface area contributed by atoms with Crippen LogP contribution in [-0.4, -0.2) is 25.6 Å². The van der Waals surface area contributed by atoms with Crippen molar-refractivity contribution < 1.29 is 4.42 Å². The van der Waals surface area contributed by atoms with Crippen molar-refractivity contribution >= 4 is 6.01 Å². The molecule has 4 heteroatoms. The maximum Gasteiger partial charge on any atom is 0.297 e. The summed E-state index contributed by atoms with van der Waals surface area (Å²) in [4.78, 5) is 6.16. The number of hydrogen-bond acceptors (Lipinski definition) is 4. The van der Waals surface area contributed by atoms with E-state index in [-0.39, 0.29) is 0 Å². The summed E-state index contributed by atoms with van der Waals surface area (Å²) in [5, 5.41) is 3.01. The van der Waals surface area contributed by atoms with Crippen LogP contribution in [0.25, 0.3) is 0 Å². The molecule has 0 aliphatic heterocycles. The van der Waals surface area contributed by atoms with Crippen molar-refractivity contribution in [1.29, 1.82) is 0 Å². The Morgan fingerprint density at radius 3 is 3.15 bits per heavy atom. The minimum atomic E-state index is 0.630. The fourth-order valence-corrected chi connectivity index (χ4v) is 1.01. The quantitative estimate of drug-likeness (QED) is 0.688. The molecule has 0 atom stereocenters. The number of anilines is 1. The minimum Gasteiger partial charge on any atom is -0.432 e. The predicted molar refractivity (Wildman–Crippen MR) is 52.7 cm³/mol. The summed E-state index contributed by atoms with van der Waals surface area (Å²) in [6, 6.07) is 0.630. The molecular formula is C9H15N3O. The average Bonchev–Trinajstić information content (AvgIpc) is 2.54. The first-order valence-electron chi connectivity index (χ1n) is 4.19. The zero-order valence-corrected chi connectivity index (χ0v) is 8.08. The van der Waals surface area contributed by atoms with Crippen molar-refractivity contribution in [2.75, 3.05) is 25.5 Å². The van der Waals surface area contributed by atoms with E-state index in [2.05, 4.69) is 16.9 Å². The standard InChI is InChI=1S/C9H15N3O/c1-4-5-12(3)9-11-8(6-10-2)7-13-9/h4,7,10H,1,5-6H2,2-3H3. The van der Waals surface area contributed by atoms with Gasteiger partial charge in [0.25, 0.3) is 6.01 Å². The number of nitrogens with one attached hydrogen (secondary N) is 1. The van der Waals surface area contributed by atoms with Gasteiger partial charge in [0.15, 0.2) is 0 Å². The lowest BCUT2D eigenvalue weighted by atomic mass is 10.5. The molecule has 13 heavy (non-hydrogen) atoms. The second-order valence-corrected chi connectivity index (χ2v) is 2.82. The maximum absolute atomic E-state index is 5.26. The highest BCUT2D eigenvalue weighted by molar-refractivity contribution is 5.26. The first-order chi connectivity index (χ1) is 6.27. The van der Waals surface area contributed by atoms with Gasteiger partial charge in [0, 0.05) is 20.1 Å². The number of nitrogens with zero attached hydrogens (tertiary/aromatic N) is 2. The Kier molecular flexibility index (Phi) is 3.52. The van der Waals surface area contributed by atoms with Crippen LogP contribution in [0.4, 0.5) is 6.01 Å². The van der Waals surface area contributed by atoms with Gasteiger partial charge in [0.2, 0.25) is 0 Å².